The average Bonchev–Trinajstić information content (AvgIpc) is 2.25. The summed E-state index contributed by atoms with van der Waals surface area (Å²) in [7, 11) is 0. The highest BCUT2D eigenvalue weighted by atomic mass is 127. The van der Waals surface area contributed by atoms with Crippen molar-refractivity contribution in [3.05, 3.63) is 44.5 Å². The van der Waals surface area contributed by atoms with Gasteiger partial charge in [-0.1, -0.05) is 29.8 Å². The van der Waals surface area contributed by atoms with Gasteiger partial charge in [0.25, 0.3) is 0 Å². The minimum Gasteiger partial charge on any atom is -0.370 e. The van der Waals surface area contributed by atoms with E-state index in [-0.39, 0.29) is 24.0 Å². The molecule has 0 amide bonds. The van der Waals surface area contributed by atoms with E-state index in [1.165, 1.54) is 0 Å². The van der Waals surface area contributed by atoms with Gasteiger partial charge in [-0.2, -0.15) is 0 Å². The second-order valence-electron chi connectivity index (χ2n) is 3.75. The molecule has 18 heavy (non-hydrogen) atoms. The third-order valence-electron chi connectivity index (χ3n) is 2.01. The summed E-state index contributed by atoms with van der Waals surface area (Å²) >= 11 is 8.11. The van der Waals surface area contributed by atoms with Crippen molar-refractivity contribution in [2.75, 3.05) is 6.54 Å². The number of aliphatic imine (C=N–C) groups is 1. The fourth-order valence-corrected chi connectivity index (χ4v) is 2.16. The molecule has 0 atom stereocenters. The first-order chi connectivity index (χ1) is 7.99. The van der Waals surface area contributed by atoms with Gasteiger partial charge in [-0.15, -0.1) is 24.0 Å². The van der Waals surface area contributed by atoms with E-state index in [1.54, 1.807) is 0 Å². The molecule has 0 bridgehead atoms. The molecular weight excluding hydrogens is 475 g/mol. The molecule has 100 valence electrons. The lowest BCUT2D eigenvalue weighted by atomic mass is 10.2. The van der Waals surface area contributed by atoms with Gasteiger partial charge in [-0.3, -0.25) is 0 Å². The molecule has 6 heteroatoms. The fourth-order valence-electron chi connectivity index (χ4n) is 1.12. The Morgan fingerprint density at radius 2 is 2.22 bits per heavy atom. The predicted molar refractivity (Wildman–Crippen MR) is 97.7 cm³/mol. The smallest absolute Gasteiger partial charge is 0.189 e. The number of rotatable bonds is 4. The zero-order valence-corrected chi connectivity index (χ0v) is 15.3. The third-order valence-corrected chi connectivity index (χ3v) is 3.25. The molecule has 0 saturated carbocycles. The number of nitrogens with two attached hydrogens (primary N) is 1. The van der Waals surface area contributed by atoms with Gasteiger partial charge in [0.05, 0.1) is 6.54 Å². The highest BCUT2D eigenvalue weighted by Gasteiger charge is 2.00. The Morgan fingerprint density at radius 3 is 2.78 bits per heavy atom. The number of hydrogen-bond donors (Lipinski definition) is 2. The van der Waals surface area contributed by atoms with Gasteiger partial charge in [-0.05, 0) is 47.2 Å². The minimum atomic E-state index is 0. The van der Waals surface area contributed by atoms with E-state index in [1.807, 2.05) is 25.1 Å². The van der Waals surface area contributed by atoms with Gasteiger partial charge in [0.1, 0.15) is 0 Å². The first-order valence-corrected chi connectivity index (χ1v) is 6.57. The maximum absolute atomic E-state index is 5.88. The molecule has 1 rings (SSSR count). The highest BCUT2D eigenvalue weighted by molar-refractivity contribution is 14.1. The molecule has 0 aliphatic carbocycles. The van der Waals surface area contributed by atoms with E-state index in [0.717, 1.165) is 19.7 Å². The second-order valence-corrected chi connectivity index (χ2v) is 5.35. The number of halogens is 3. The fraction of sp³-hybridized carbons (Fsp3) is 0.250. The van der Waals surface area contributed by atoms with Crippen LogP contribution in [0.15, 0.2) is 35.3 Å². The number of hydrogen-bond acceptors (Lipinski definition) is 1. The SMILES string of the molecule is C=C(C)CNC(N)=NCc1ccc(Cl)cc1I.I. The lowest BCUT2D eigenvalue weighted by Gasteiger charge is -2.06. The summed E-state index contributed by atoms with van der Waals surface area (Å²) in [6.45, 7) is 6.91. The molecule has 3 N–H and O–H groups in total. The molecule has 1 aromatic rings. The largest absolute Gasteiger partial charge is 0.370 e. The van der Waals surface area contributed by atoms with Crippen LogP contribution in [-0.4, -0.2) is 12.5 Å². The summed E-state index contributed by atoms with van der Waals surface area (Å²) in [5.74, 6) is 0.429. The van der Waals surface area contributed by atoms with Crippen LogP contribution in [0.2, 0.25) is 5.02 Å². The molecule has 0 saturated heterocycles. The molecule has 0 aromatic heterocycles. The normalized spacial score (nSPS) is 10.7. The van der Waals surface area contributed by atoms with E-state index in [2.05, 4.69) is 39.5 Å². The van der Waals surface area contributed by atoms with Crippen LogP contribution in [0.5, 0.6) is 0 Å². The molecule has 0 unspecified atom stereocenters. The molecule has 0 aliphatic rings. The molecular formula is C12H16ClI2N3. The summed E-state index contributed by atoms with van der Waals surface area (Å²) < 4.78 is 1.09. The Hall–Kier alpha value is -0.0200. The van der Waals surface area contributed by atoms with Crippen LogP contribution in [-0.2, 0) is 6.54 Å². The lowest BCUT2D eigenvalue weighted by Crippen LogP contribution is -2.32. The molecule has 0 spiro atoms. The molecule has 0 aliphatic heterocycles. The molecule has 3 nitrogen and oxygen atoms in total. The maximum atomic E-state index is 5.88. The number of benzene rings is 1. The molecule has 1 aromatic carbocycles. The van der Waals surface area contributed by atoms with Crippen LogP contribution in [0, 0.1) is 3.57 Å². The molecule has 0 heterocycles. The first-order valence-electron chi connectivity index (χ1n) is 5.11. The monoisotopic (exact) mass is 491 g/mol. The quantitative estimate of drug-likeness (QED) is 0.293. The zero-order chi connectivity index (χ0) is 12.8. The van der Waals surface area contributed by atoms with Crippen molar-refractivity contribution >= 4 is 64.1 Å². The van der Waals surface area contributed by atoms with E-state index < -0.39 is 0 Å². The summed E-state index contributed by atoms with van der Waals surface area (Å²) in [5.41, 5.74) is 7.84. The van der Waals surface area contributed by atoms with Crippen molar-refractivity contribution in [1.82, 2.24) is 5.32 Å². The van der Waals surface area contributed by atoms with Crippen LogP contribution in [0.1, 0.15) is 12.5 Å². The molecule has 0 fully saturated rings. The van der Waals surface area contributed by atoms with Crippen LogP contribution in [0.4, 0.5) is 0 Å². The summed E-state index contributed by atoms with van der Waals surface area (Å²) in [6.07, 6.45) is 0. The Balaban J connectivity index is 0.00000289. The average molecular weight is 492 g/mol. The van der Waals surface area contributed by atoms with E-state index in [4.69, 9.17) is 17.3 Å². The van der Waals surface area contributed by atoms with Gasteiger partial charge >= 0.3 is 0 Å². The van der Waals surface area contributed by atoms with Crippen molar-refractivity contribution in [2.45, 2.75) is 13.5 Å². The van der Waals surface area contributed by atoms with Crippen LogP contribution >= 0.6 is 58.2 Å². The second kappa shape index (κ2) is 8.98. The van der Waals surface area contributed by atoms with Crippen LogP contribution in [0.3, 0.4) is 0 Å². The highest BCUT2D eigenvalue weighted by Crippen LogP contribution is 2.18. The predicted octanol–water partition coefficient (Wildman–Crippen LogP) is 3.54. The van der Waals surface area contributed by atoms with Gasteiger partial charge < -0.3 is 11.1 Å². The Bertz CT molecular complexity index is 447. The number of guanidine groups is 1. The summed E-state index contributed by atoms with van der Waals surface area (Å²) in [4.78, 5) is 4.25. The van der Waals surface area contributed by atoms with Crippen LogP contribution < -0.4 is 11.1 Å². The van der Waals surface area contributed by atoms with Crippen molar-refractivity contribution in [3.63, 3.8) is 0 Å². The Labute approximate surface area is 143 Å². The summed E-state index contributed by atoms with van der Waals surface area (Å²) in [5, 5.41) is 3.71. The third kappa shape index (κ3) is 6.79. The van der Waals surface area contributed by atoms with Crippen molar-refractivity contribution < 1.29 is 0 Å². The van der Waals surface area contributed by atoms with E-state index in [9.17, 15) is 0 Å². The Kier molecular flexibility index (Phi) is 8.97. The van der Waals surface area contributed by atoms with Gasteiger partial charge in [0.2, 0.25) is 0 Å². The lowest BCUT2D eigenvalue weighted by molar-refractivity contribution is 0.938. The topological polar surface area (TPSA) is 50.4 Å². The zero-order valence-electron chi connectivity index (χ0n) is 10.0. The van der Waals surface area contributed by atoms with Gasteiger partial charge in [-0.25, -0.2) is 4.99 Å². The van der Waals surface area contributed by atoms with Crippen LogP contribution in [0.25, 0.3) is 0 Å². The van der Waals surface area contributed by atoms with E-state index >= 15 is 0 Å². The van der Waals surface area contributed by atoms with Crippen molar-refractivity contribution in [3.8, 4) is 0 Å². The molecule has 0 radical (unpaired) electrons. The van der Waals surface area contributed by atoms with Gasteiger partial charge in [0, 0.05) is 15.1 Å². The standard InChI is InChI=1S/C12H15ClIN3.HI/c1-8(2)6-16-12(15)17-7-9-3-4-10(13)5-11(9)14;/h3-5H,1,6-7H2,2H3,(H3,15,16,17);1H. The van der Waals surface area contributed by atoms with E-state index in [0.29, 0.717) is 19.0 Å². The van der Waals surface area contributed by atoms with Crippen molar-refractivity contribution in [2.24, 2.45) is 10.7 Å². The summed E-state index contributed by atoms with van der Waals surface area (Å²) in [6, 6.07) is 5.72. The van der Waals surface area contributed by atoms with Crippen molar-refractivity contribution in [1.29, 1.82) is 0 Å². The number of nitrogens with zero attached hydrogens (tertiary/aromatic N) is 1. The van der Waals surface area contributed by atoms with Gasteiger partial charge in [0.15, 0.2) is 5.96 Å². The first kappa shape index (κ1) is 18.0. The number of nitrogens with one attached hydrogen (secondary N) is 1. The minimum absolute atomic E-state index is 0. The Morgan fingerprint density at radius 1 is 1.56 bits per heavy atom. The maximum Gasteiger partial charge on any atom is 0.189 e.